The molecule has 108 valence electrons. The maximum Gasteiger partial charge on any atom is 0.177 e. The molecule has 0 amide bonds. The van der Waals surface area contributed by atoms with E-state index in [-0.39, 0.29) is 0 Å². The minimum atomic E-state index is 0.636. The van der Waals surface area contributed by atoms with Gasteiger partial charge in [0.05, 0.1) is 10.6 Å². The highest BCUT2D eigenvalue weighted by Gasteiger charge is 2.22. The van der Waals surface area contributed by atoms with Crippen LogP contribution in [0.4, 0.5) is 0 Å². The Morgan fingerprint density at radius 2 is 2.50 bits per heavy atom. The molecule has 1 fully saturated rings. The zero-order chi connectivity index (χ0) is 13.8. The van der Waals surface area contributed by atoms with Gasteiger partial charge in [-0.15, -0.1) is 11.3 Å². The van der Waals surface area contributed by atoms with Crippen LogP contribution in [0.2, 0.25) is 0 Å². The summed E-state index contributed by atoms with van der Waals surface area (Å²) < 4.78 is 5.47. The first-order chi connectivity index (χ1) is 9.86. The van der Waals surface area contributed by atoms with Crippen molar-refractivity contribution in [2.24, 2.45) is 0 Å². The van der Waals surface area contributed by atoms with Gasteiger partial charge in [-0.3, -0.25) is 4.90 Å². The predicted octanol–water partition coefficient (Wildman–Crippen LogP) is 2.98. The molecular weight excluding hydrogens is 270 g/mol. The van der Waals surface area contributed by atoms with E-state index in [0.29, 0.717) is 6.04 Å². The molecule has 3 rings (SSSR count). The van der Waals surface area contributed by atoms with Gasteiger partial charge < -0.3 is 9.84 Å². The lowest BCUT2D eigenvalue weighted by atomic mass is 10.2. The molecule has 1 aliphatic rings. The molecule has 1 atom stereocenters. The summed E-state index contributed by atoms with van der Waals surface area (Å²) in [5.74, 6) is 0.885. The Kier molecular flexibility index (Phi) is 4.50. The van der Waals surface area contributed by atoms with Gasteiger partial charge in [-0.2, -0.15) is 0 Å². The number of thiophene rings is 1. The number of rotatable bonds is 6. The normalized spacial score (nSPS) is 19.0. The molecule has 2 aromatic heterocycles. The van der Waals surface area contributed by atoms with E-state index < -0.39 is 0 Å². The molecule has 0 aromatic carbocycles. The smallest absolute Gasteiger partial charge is 0.177 e. The minimum Gasteiger partial charge on any atom is -0.355 e. The van der Waals surface area contributed by atoms with Crippen LogP contribution < -0.4 is 5.32 Å². The van der Waals surface area contributed by atoms with Gasteiger partial charge in [0.15, 0.2) is 5.76 Å². The zero-order valence-corrected chi connectivity index (χ0v) is 12.7. The third-order valence-corrected chi connectivity index (χ3v) is 4.63. The molecule has 0 spiro atoms. The van der Waals surface area contributed by atoms with E-state index in [4.69, 9.17) is 4.52 Å². The van der Waals surface area contributed by atoms with E-state index in [1.165, 1.54) is 12.8 Å². The lowest BCUT2D eigenvalue weighted by Gasteiger charge is -2.26. The van der Waals surface area contributed by atoms with Gasteiger partial charge in [-0.05, 0) is 37.4 Å². The van der Waals surface area contributed by atoms with Crippen molar-refractivity contribution < 1.29 is 4.52 Å². The summed E-state index contributed by atoms with van der Waals surface area (Å²) in [5, 5.41) is 9.74. The van der Waals surface area contributed by atoms with Crippen molar-refractivity contribution in [1.82, 2.24) is 15.4 Å². The fourth-order valence-electron chi connectivity index (χ4n) is 2.76. The van der Waals surface area contributed by atoms with Gasteiger partial charge in [-0.25, -0.2) is 0 Å². The highest BCUT2D eigenvalue weighted by atomic mass is 32.1. The average molecular weight is 291 g/mol. The first-order valence-corrected chi connectivity index (χ1v) is 8.19. The Morgan fingerprint density at radius 1 is 1.55 bits per heavy atom. The minimum absolute atomic E-state index is 0.636. The number of hydrogen-bond acceptors (Lipinski definition) is 5. The molecule has 1 saturated heterocycles. The molecule has 1 aliphatic heterocycles. The van der Waals surface area contributed by atoms with E-state index in [1.54, 1.807) is 11.3 Å². The predicted molar refractivity (Wildman–Crippen MR) is 81.8 cm³/mol. The Hall–Kier alpha value is -1.17. The zero-order valence-electron chi connectivity index (χ0n) is 11.8. The molecule has 3 heterocycles. The third kappa shape index (κ3) is 3.11. The maximum absolute atomic E-state index is 5.47. The molecule has 0 bridgehead atoms. The first kappa shape index (κ1) is 13.8. The van der Waals surface area contributed by atoms with Crippen molar-refractivity contribution in [3.8, 4) is 10.6 Å². The van der Waals surface area contributed by atoms with Gasteiger partial charge in [0, 0.05) is 25.2 Å². The van der Waals surface area contributed by atoms with E-state index in [0.717, 1.165) is 42.5 Å². The van der Waals surface area contributed by atoms with Crippen LogP contribution in [-0.2, 0) is 6.54 Å². The highest BCUT2D eigenvalue weighted by molar-refractivity contribution is 7.13. The summed E-state index contributed by atoms with van der Waals surface area (Å²) in [6, 6.07) is 6.82. The summed E-state index contributed by atoms with van der Waals surface area (Å²) in [7, 11) is 0. The van der Waals surface area contributed by atoms with Gasteiger partial charge in [0.2, 0.25) is 0 Å². The second kappa shape index (κ2) is 6.52. The molecule has 0 saturated carbocycles. The van der Waals surface area contributed by atoms with Crippen LogP contribution >= 0.6 is 11.3 Å². The van der Waals surface area contributed by atoms with E-state index in [1.807, 2.05) is 6.07 Å². The number of nitrogens with zero attached hydrogens (tertiary/aromatic N) is 2. The topological polar surface area (TPSA) is 41.3 Å². The molecule has 20 heavy (non-hydrogen) atoms. The van der Waals surface area contributed by atoms with E-state index >= 15 is 0 Å². The molecule has 0 aliphatic carbocycles. The van der Waals surface area contributed by atoms with Gasteiger partial charge in [0.1, 0.15) is 0 Å². The number of hydrogen-bond donors (Lipinski definition) is 1. The summed E-state index contributed by atoms with van der Waals surface area (Å²) in [6.07, 6.45) is 2.40. The lowest BCUT2D eigenvalue weighted by molar-refractivity contribution is 0.194. The summed E-state index contributed by atoms with van der Waals surface area (Å²) in [5.41, 5.74) is 1.04. The number of nitrogens with one attached hydrogen (secondary N) is 1. The molecule has 5 heteroatoms. The lowest BCUT2D eigenvalue weighted by Crippen LogP contribution is -2.37. The van der Waals surface area contributed by atoms with Crippen molar-refractivity contribution >= 4 is 11.3 Å². The Morgan fingerprint density at radius 3 is 3.20 bits per heavy atom. The second-order valence-corrected chi connectivity index (χ2v) is 6.22. The summed E-state index contributed by atoms with van der Waals surface area (Å²) in [6.45, 7) is 6.46. The van der Waals surface area contributed by atoms with E-state index in [9.17, 15) is 0 Å². The van der Waals surface area contributed by atoms with Crippen LogP contribution in [0.25, 0.3) is 10.6 Å². The molecule has 0 radical (unpaired) electrons. The number of aromatic nitrogens is 1. The second-order valence-electron chi connectivity index (χ2n) is 5.28. The average Bonchev–Trinajstić information content (AvgIpc) is 3.20. The quantitative estimate of drug-likeness (QED) is 0.888. The van der Waals surface area contributed by atoms with Gasteiger partial charge in [0.25, 0.3) is 0 Å². The van der Waals surface area contributed by atoms with Crippen LogP contribution in [0.1, 0.15) is 25.5 Å². The van der Waals surface area contributed by atoms with E-state index in [2.05, 4.69) is 39.8 Å². The van der Waals surface area contributed by atoms with Crippen molar-refractivity contribution in [3.05, 3.63) is 29.3 Å². The fourth-order valence-corrected chi connectivity index (χ4v) is 3.43. The molecule has 1 N–H and O–H groups in total. The first-order valence-electron chi connectivity index (χ1n) is 7.31. The van der Waals surface area contributed by atoms with Crippen molar-refractivity contribution in [2.75, 3.05) is 19.6 Å². The molecular formula is C15H21N3OS. The summed E-state index contributed by atoms with van der Waals surface area (Å²) >= 11 is 1.69. The monoisotopic (exact) mass is 291 g/mol. The van der Waals surface area contributed by atoms with Crippen LogP contribution in [-0.4, -0.2) is 35.7 Å². The Bertz CT molecular complexity index is 517. The van der Waals surface area contributed by atoms with Crippen LogP contribution in [0.3, 0.4) is 0 Å². The molecule has 4 nitrogen and oxygen atoms in total. The Balaban J connectivity index is 1.68. The van der Waals surface area contributed by atoms with Crippen LogP contribution in [0.15, 0.2) is 28.1 Å². The van der Waals surface area contributed by atoms with Crippen molar-refractivity contribution in [3.63, 3.8) is 0 Å². The third-order valence-electron chi connectivity index (χ3n) is 3.75. The molecule has 2 aromatic rings. The largest absolute Gasteiger partial charge is 0.355 e. The Labute approximate surface area is 123 Å². The van der Waals surface area contributed by atoms with Crippen LogP contribution in [0, 0.1) is 0 Å². The SMILES string of the molecule is CCCN(Cc1cc(-c2cccs2)on1)C1CCNC1. The van der Waals surface area contributed by atoms with Crippen LogP contribution in [0.5, 0.6) is 0 Å². The van der Waals surface area contributed by atoms with Gasteiger partial charge in [-0.1, -0.05) is 18.1 Å². The van der Waals surface area contributed by atoms with Crippen molar-refractivity contribution in [1.29, 1.82) is 0 Å². The summed E-state index contributed by atoms with van der Waals surface area (Å²) in [4.78, 5) is 3.67. The maximum atomic E-state index is 5.47. The molecule has 1 unspecified atom stereocenters. The fraction of sp³-hybridized carbons (Fsp3) is 0.533. The van der Waals surface area contributed by atoms with Crippen molar-refractivity contribution in [2.45, 2.75) is 32.4 Å². The van der Waals surface area contributed by atoms with Gasteiger partial charge >= 0.3 is 0 Å². The standard InChI is InChI=1S/C15H21N3OS/c1-2-7-18(13-5-6-16-10-13)11-12-9-14(19-17-12)15-4-3-8-20-15/h3-4,8-9,13,16H,2,5-7,10-11H2,1H3. The highest BCUT2D eigenvalue weighted by Crippen LogP contribution is 2.26.